The van der Waals surface area contributed by atoms with E-state index in [9.17, 15) is 9.18 Å². The highest BCUT2D eigenvalue weighted by molar-refractivity contribution is 9.10. The molecule has 1 aliphatic heterocycles. The maximum atomic E-state index is 13.4. The maximum absolute atomic E-state index is 13.4. The van der Waals surface area contributed by atoms with E-state index in [0.29, 0.717) is 11.3 Å². The molecule has 3 heterocycles. The van der Waals surface area contributed by atoms with Crippen molar-refractivity contribution in [2.45, 2.75) is 18.9 Å². The fourth-order valence-corrected chi connectivity index (χ4v) is 4.05. The van der Waals surface area contributed by atoms with Gasteiger partial charge in [0, 0.05) is 37.1 Å². The number of H-pyrrole nitrogens is 1. The van der Waals surface area contributed by atoms with Crippen molar-refractivity contribution in [3.8, 4) is 0 Å². The molecule has 0 saturated carbocycles. The predicted molar refractivity (Wildman–Crippen MR) is 115 cm³/mol. The number of rotatable bonds is 3. The van der Waals surface area contributed by atoms with E-state index in [2.05, 4.69) is 36.1 Å². The molecule has 6 nitrogen and oxygen atoms in total. The van der Waals surface area contributed by atoms with E-state index in [1.807, 2.05) is 0 Å². The molecule has 2 aromatic heterocycles. The summed E-state index contributed by atoms with van der Waals surface area (Å²) >= 11 is 3.59. The summed E-state index contributed by atoms with van der Waals surface area (Å²) < 4.78 is 14.3. The quantitative estimate of drug-likeness (QED) is 0.541. The number of carbonyl (C=O) groups excluding carboxylic acids is 1. The SMILES string of the molecule is Cl.N[C@@H]1CCCN(c2c(Br)cnc3[nH]cc(NC(=O)c4cccc(F)c4)c23)C1. The van der Waals surface area contributed by atoms with Gasteiger partial charge in [0.1, 0.15) is 11.5 Å². The number of nitrogens with two attached hydrogens (primary N) is 1. The van der Waals surface area contributed by atoms with Crippen LogP contribution in [0.15, 0.2) is 41.1 Å². The summed E-state index contributed by atoms with van der Waals surface area (Å²) in [4.78, 5) is 22.3. The van der Waals surface area contributed by atoms with Gasteiger partial charge in [0.15, 0.2) is 0 Å². The molecule has 0 spiro atoms. The molecule has 1 amide bonds. The van der Waals surface area contributed by atoms with Gasteiger partial charge in [-0.25, -0.2) is 9.37 Å². The number of benzene rings is 1. The Kier molecular flexibility index (Phi) is 6.22. The van der Waals surface area contributed by atoms with Gasteiger partial charge < -0.3 is 20.9 Å². The topological polar surface area (TPSA) is 87.0 Å². The van der Waals surface area contributed by atoms with Gasteiger partial charge in [-0.15, -0.1) is 12.4 Å². The van der Waals surface area contributed by atoms with Crippen LogP contribution in [0.5, 0.6) is 0 Å². The summed E-state index contributed by atoms with van der Waals surface area (Å²) in [6, 6.07) is 5.71. The summed E-state index contributed by atoms with van der Waals surface area (Å²) in [6.07, 6.45) is 5.45. The second-order valence-electron chi connectivity index (χ2n) is 6.69. The van der Waals surface area contributed by atoms with Crippen LogP contribution < -0.4 is 16.0 Å². The number of piperidine rings is 1. The second kappa shape index (κ2) is 8.46. The molecule has 1 atom stereocenters. The highest BCUT2D eigenvalue weighted by atomic mass is 79.9. The predicted octanol–water partition coefficient (Wildman–Crippen LogP) is 4.07. The third kappa shape index (κ3) is 3.99. The fourth-order valence-electron chi connectivity index (χ4n) is 3.50. The highest BCUT2D eigenvalue weighted by Gasteiger charge is 2.24. The Labute approximate surface area is 176 Å². The number of halogens is 3. The zero-order valence-electron chi connectivity index (χ0n) is 14.9. The molecule has 4 rings (SSSR count). The maximum Gasteiger partial charge on any atom is 0.255 e. The number of nitrogens with one attached hydrogen (secondary N) is 2. The number of hydrogen-bond donors (Lipinski definition) is 3. The van der Waals surface area contributed by atoms with Gasteiger partial charge in [-0.3, -0.25) is 4.79 Å². The number of pyridine rings is 1. The number of fused-ring (bicyclic) bond motifs is 1. The fraction of sp³-hybridized carbons (Fsp3) is 0.263. The van der Waals surface area contributed by atoms with Gasteiger partial charge in [-0.1, -0.05) is 6.07 Å². The zero-order chi connectivity index (χ0) is 19.0. The molecule has 9 heteroatoms. The van der Waals surface area contributed by atoms with Crippen LogP contribution in [0.4, 0.5) is 15.8 Å². The van der Waals surface area contributed by atoms with E-state index in [-0.39, 0.29) is 29.9 Å². The molecule has 0 bridgehead atoms. The summed E-state index contributed by atoms with van der Waals surface area (Å²) in [6.45, 7) is 1.62. The Morgan fingerprint density at radius 3 is 3.00 bits per heavy atom. The standard InChI is InChI=1S/C19H19BrFN5O.ClH/c20-14-8-23-18-16(17(14)26-6-2-5-13(22)10-26)15(9-24-18)25-19(27)11-3-1-4-12(21)7-11;/h1,3-4,7-9,13H,2,5-6,10,22H2,(H,23,24)(H,25,27);1H/t13-;/m1./s1. The van der Waals surface area contributed by atoms with Crippen LogP contribution in [0.2, 0.25) is 0 Å². The first-order valence-electron chi connectivity index (χ1n) is 8.76. The van der Waals surface area contributed by atoms with E-state index in [0.717, 1.165) is 41.5 Å². The molecule has 0 radical (unpaired) electrons. The lowest BCUT2D eigenvalue weighted by Gasteiger charge is -2.33. The van der Waals surface area contributed by atoms with Gasteiger partial charge in [-0.2, -0.15) is 0 Å². The van der Waals surface area contributed by atoms with Crippen LogP contribution in [0, 0.1) is 5.82 Å². The zero-order valence-corrected chi connectivity index (χ0v) is 17.3. The lowest BCUT2D eigenvalue weighted by molar-refractivity contribution is 0.102. The van der Waals surface area contributed by atoms with Crippen molar-refractivity contribution >= 4 is 56.7 Å². The van der Waals surface area contributed by atoms with Crippen molar-refractivity contribution in [1.29, 1.82) is 0 Å². The van der Waals surface area contributed by atoms with Gasteiger partial charge in [-0.05, 0) is 47.0 Å². The summed E-state index contributed by atoms with van der Waals surface area (Å²) in [5.74, 6) is -0.828. The monoisotopic (exact) mass is 467 g/mol. The summed E-state index contributed by atoms with van der Waals surface area (Å²) in [7, 11) is 0. The Morgan fingerprint density at radius 2 is 2.25 bits per heavy atom. The van der Waals surface area contributed by atoms with Crippen molar-refractivity contribution in [3.63, 3.8) is 0 Å². The molecule has 4 N–H and O–H groups in total. The first-order chi connectivity index (χ1) is 13.0. The Morgan fingerprint density at radius 1 is 1.43 bits per heavy atom. The van der Waals surface area contributed by atoms with Gasteiger partial charge in [0.25, 0.3) is 5.91 Å². The Hall–Kier alpha value is -2.16. The average Bonchev–Trinajstić information content (AvgIpc) is 3.04. The molecular formula is C19H20BrClFN5O. The molecule has 1 saturated heterocycles. The van der Waals surface area contributed by atoms with E-state index >= 15 is 0 Å². The molecular weight excluding hydrogens is 449 g/mol. The minimum absolute atomic E-state index is 0. The van der Waals surface area contributed by atoms with Crippen LogP contribution in [-0.4, -0.2) is 35.0 Å². The number of anilines is 2. The first kappa shape index (κ1) is 20.6. The van der Waals surface area contributed by atoms with E-state index in [4.69, 9.17) is 5.73 Å². The number of amides is 1. The highest BCUT2D eigenvalue weighted by Crippen LogP contribution is 2.38. The molecule has 0 aliphatic carbocycles. The minimum atomic E-state index is -0.450. The molecule has 148 valence electrons. The third-order valence-electron chi connectivity index (χ3n) is 4.74. The molecule has 0 unspecified atom stereocenters. The number of aromatic amines is 1. The van der Waals surface area contributed by atoms with Crippen molar-refractivity contribution in [3.05, 3.63) is 52.5 Å². The molecule has 1 aromatic carbocycles. The molecule has 1 fully saturated rings. The normalized spacial score (nSPS) is 16.7. The number of hydrogen-bond acceptors (Lipinski definition) is 4. The van der Waals surface area contributed by atoms with Crippen LogP contribution in [0.25, 0.3) is 11.0 Å². The van der Waals surface area contributed by atoms with Crippen molar-refractivity contribution < 1.29 is 9.18 Å². The van der Waals surface area contributed by atoms with Crippen molar-refractivity contribution in [2.75, 3.05) is 23.3 Å². The van der Waals surface area contributed by atoms with E-state index < -0.39 is 5.82 Å². The summed E-state index contributed by atoms with van der Waals surface area (Å²) in [5, 5.41) is 3.68. The number of carbonyl (C=O) groups is 1. The van der Waals surface area contributed by atoms with Crippen LogP contribution in [0.1, 0.15) is 23.2 Å². The summed E-state index contributed by atoms with van der Waals surface area (Å²) in [5.41, 5.74) is 8.63. The number of aromatic nitrogens is 2. The lowest BCUT2D eigenvalue weighted by atomic mass is 10.1. The second-order valence-corrected chi connectivity index (χ2v) is 7.55. The van der Waals surface area contributed by atoms with Crippen LogP contribution in [0.3, 0.4) is 0 Å². The lowest BCUT2D eigenvalue weighted by Crippen LogP contribution is -2.43. The smallest absolute Gasteiger partial charge is 0.255 e. The van der Waals surface area contributed by atoms with Crippen LogP contribution in [-0.2, 0) is 0 Å². The van der Waals surface area contributed by atoms with Gasteiger partial charge in [0.2, 0.25) is 0 Å². The average molecular weight is 469 g/mol. The Bertz CT molecular complexity index is 1010. The van der Waals surface area contributed by atoms with Crippen LogP contribution >= 0.6 is 28.3 Å². The van der Waals surface area contributed by atoms with Crippen molar-refractivity contribution in [2.24, 2.45) is 5.73 Å². The van der Waals surface area contributed by atoms with Gasteiger partial charge in [0.05, 0.1) is 21.2 Å². The molecule has 3 aromatic rings. The van der Waals surface area contributed by atoms with Crippen molar-refractivity contribution in [1.82, 2.24) is 9.97 Å². The Balaban J connectivity index is 0.00000225. The third-order valence-corrected chi connectivity index (χ3v) is 5.32. The molecule has 1 aliphatic rings. The van der Waals surface area contributed by atoms with E-state index in [1.54, 1.807) is 18.5 Å². The largest absolute Gasteiger partial charge is 0.368 e. The van der Waals surface area contributed by atoms with E-state index in [1.165, 1.54) is 18.2 Å². The minimum Gasteiger partial charge on any atom is -0.368 e. The first-order valence-corrected chi connectivity index (χ1v) is 9.55. The molecule has 28 heavy (non-hydrogen) atoms. The number of nitrogens with zero attached hydrogens (tertiary/aromatic N) is 2. The van der Waals surface area contributed by atoms with Gasteiger partial charge >= 0.3 is 0 Å².